The zero-order valence-corrected chi connectivity index (χ0v) is 13.2. The lowest BCUT2D eigenvalue weighted by atomic mass is 10.0. The van der Waals surface area contributed by atoms with Crippen LogP contribution in [0.2, 0.25) is 5.02 Å². The number of nitrogens with zero attached hydrogens (tertiary/aromatic N) is 3. The number of aryl methyl sites for hydroxylation is 2. The minimum atomic E-state index is -0.273. The van der Waals surface area contributed by atoms with E-state index in [1.54, 1.807) is 18.0 Å². The predicted octanol–water partition coefficient (Wildman–Crippen LogP) is 1.75. The molecule has 114 valence electrons. The van der Waals surface area contributed by atoms with Crippen molar-refractivity contribution in [3.8, 4) is 0 Å². The number of aromatic nitrogens is 3. The molecule has 1 atom stereocenters. The summed E-state index contributed by atoms with van der Waals surface area (Å²) in [5.74, 6) is 5.76. The fourth-order valence-corrected chi connectivity index (χ4v) is 2.58. The number of nitrogens with one attached hydrogen (secondary N) is 1. The molecule has 2 rings (SSSR count). The molecule has 0 fully saturated rings. The Labute approximate surface area is 129 Å². The van der Waals surface area contributed by atoms with Crippen molar-refractivity contribution in [2.24, 2.45) is 5.84 Å². The van der Waals surface area contributed by atoms with Crippen molar-refractivity contribution >= 4 is 11.6 Å². The van der Waals surface area contributed by atoms with Crippen molar-refractivity contribution < 1.29 is 4.74 Å². The molecule has 2 aromatic heterocycles. The molecule has 0 aliphatic rings. The van der Waals surface area contributed by atoms with E-state index in [0.29, 0.717) is 18.2 Å². The van der Waals surface area contributed by atoms with Crippen molar-refractivity contribution in [3.05, 3.63) is 46.0 Å². The van der Waals surface area contributed by atoms with E-state index in [1.807, 2.05) is 26.0 Å². The second-order valence-electron chi connectivity index (χ2n) is 4.82. The van der Waals surface area contributed by atoms with E-state index in [2.05, 4.69) is 15.5 Å². The van der Waals surface area contributed by atoms with E-state index in [0.717, 1.165) is 22.6 Å². The average molecular weight is 310 g/mol. The number of pyridine rings is 1. The molecule has 0 bridgehead atoms. The van der Waals surface area contributed by atoms with Crippen LogP contribution in [0.5, 0.6) is 0 Å². The fraction of sp³-hybridized carbons (Fsp3) is 0.429. The average Bonchev–Trinajstić information content (AvgIpc) is 2.81. The van der Waals surface area contributed by atoms with Gasteiger partial charge in [-0.05, 0) is 25.5 Å². The lowest BCUT2D eigenvalue weighted by Gasteiger charge is -2.20. The van der Waals surface area contributed by atoms with Crippen LogP contribution in [0.4, 0.5) is 0 Å². The van der Waals surface area contributed by atoms with E-state index < -0.39 is 0 Å². The van der Waals surface area contributed by atoms with Gasteiger partial charge in [-0.15, -0.1) is 0 Å². The smallest absolute Gasteiger partial charge is 0.0910 e. The Morgan fingerprint density at radius 2 is 2.19 bits per heavy atom. The number of hydrogen-bond acceptors (Lipinski definition) is 5. The van der Waals surface area contributed by atoms with E-state index in [4.69, 9.17) is 22.2 Å². The van der Waals surface area contributed by atoms with Gasteiger partial charge in [-0.1, -0.05) is 17.7 Å². The highest BCUT2D eigenvalue weighted by Gasteiger charge is 2.23. The van der Waals surface area contributed by atoms with Gasteiger partial charge in [-0.25, -0.2) is 5.43 Å². The number of methoxy groups -OCH3 is 1. The topological polar surface area (TPSA) is 78.0 Å². The van der Waals surface area contributed by atoms with Crippen LogP contribution in [0.25, 0.3) is 0 Å². The number of nitrogens with two attached hydrogens (primary N) is 1. The molecule has 2 heterocycles. The highest BCUT2D eigenvalue weighted by molar-refractivity contribution is 6.31. The molecule has 0 saturated carbocycles. The summed E-state index contributed by atoms with van der Waals surface area (Å²) in [6.45, 7) is 5.07. The fourth-order valence-electron chi connectivity index (χ4n) is 2.33. The van der Waals surface area contributed by atoms with Crippen LogP contribution in [0.1, 0.15) is 28.7 Å². The minimum absolute atomic E-state index is 0.273. The monoisotopic (exact) mass is 309 g/mol. The lowest BCUT2D eigenvalue weighted by molar-refractivity contribution is 0.182. The van der Waals surface area contributed by atoms with Gasteiger partial charge >= 0.3 is 0 Å². The quantitative estimate of drug-likeness (QED) is 0.628. The first-order chi connectivity index (χ1) is 10.1. The Bertz CT molecular complexity index is 613. The van der Waals surface area contributed by atoms with Crippen molar-refractivity contribution in [1.29, 1.82) is 0 Å². The van der Waals surface area contributed by atoms with Gasteiger partial charge in [-0.2, -0.15) is 5.10 Å². The number of hydrogen-bond donors (Lipinski definition) is 2. The molecule has 0 aliphatic carbocycles. The Hall–Kier alpha value is -1.47. The Morgan fingerprint density at radius 3 is 2.81 bits per heavy atom. The first-order valence-corrected chi connectivity index (χ1v) is 7.06. The summed E-state index contributed by atoms with van der Waals surface area (Å²) >= 11 is 6.29. The largest absolute Gasteiger partial charge is 0.383 e. The van der Waals surface area contributed by atoms with Crippen LogP contribution in [0.15, 0.2) is 18.3 Å². The number of ether oxygens (including phenoxy) is 1. The van der Waals surface area contributed by atoms with Crippen molar-refractivity contribution in [2.75, 3.05) is 13.7 Å². The molecule has 0 aromatic carbocycles. The number of halogens is 1. The summed E-state index contributed by atoms with van der Waals surface area (Å²) in [4.78, 5) is 4.48. The van der Waals surface area contributed by atoms with Crippen LogP contribution in [-0.2, 0) is 11.3 Å². The summed E-state index contributed by atoms with van der Waals surface area (Å²) in [7, 11) is 1.65. The number of rotatable bonds is 6. The zero-order valence-electron chi connectivity index (χ0n) is 12.4. The van der Waals surface area contributed by atoms with Crippen molar-refractivity contribution in [2.45, 2.75) is 26.4 Å². The van der Waals surface area contributed by atoms with Gasteiger partial charge < -0.3 is 4.74 Å². The zero-order chi connectivity index (χ0) is 15.4. The van der Waals surface area contributed by atoms with Gasteiger partial charge in [-0.3, -0.25) is 15.5 Å². The van der Waals surface area contributed by atoms with Gasteiger partial charge in [0.1, 0.15) is 0 Å². The third-order valence-electron chi connectivity index (χ3n) is 3.36. The lowest BCUT2D eigenvalue weighted by Crippen LogP contribution is -2.32. The highest BCUT2D eigenvalue weighted by atomic mass is 35.5. The van der Waals surface area contributed by atoms with Crippen molar-refractivity contribution in [3.63, 3.8) is 0 Å². The maximum absolute atomic E-state index is 6.29. The standard InChI is InChI=1S/C14H20ClN5O/c1-9-4-5-11(10(2)18-9)13(19-16)14-12(15)8-17-20(14)6-7-21-3/h4-5,8,13,19H,6-7,16H2,1-3H3. The summed E-state index contributed by atoms with van der Waals surface area (Å²) in [6.07, 6.45) is 1.62. The molecule has 6 nitrogen and oxygen atoms in total. The van der Waals surface area contributed by atoms with E-state index in [9.17, 15) is 0 Å². The van der Waals surface area contributed by atoms with Crippen LogP contribution in [0, 0.1) is 13.8 Å². The maximum atomic E-state index is 6.29. The molecular weight excluding hydrogens is 290 g/mol. The van der Waals surface area contributed by atoms with Crippen LogP contribution in [-0.4, -0.2) is 28.5 Å². The maximum Gasteiger partial charge on any atom is 0.0910 e. The third-order valence-corrected chi connectivity index (χ3v) is 3.65. The normalized spacial score (nSPS) is 12.6. The molecule has 7 heteroatoms. The highest BCUT2D eigenvalue weighted by Crippen LogP contribution is 2.29. The van der Waals surface area contributed by atoms with Gasteiger partial charge in [0.05, 0.1) is 36.1 Å². The number of hydrazine groups is 1. The second kappa shape index (κ2) is 7.00. The molecule has 0 saturated heterocycles. The van der Waals surface area contributed by atoms with Gasteiger partial charge in [0.25, 0.3) is 0 Å². The first kappa shape index (κ1) is 15.9. The van der Waals surface area contributed by atoms with Gasteiger partial charge in [0.2, 0.25) is 0 Å². The van der Waals surface area contributed by atoms with Crippen LogP contribution in [0.3, 0.4) is 0 Å². The molecule has 21 heavy (non-hydrogen) atoms. The Morgan fingerprint density at radius 1 is 1.43 bits per heavy atom. The van der Waals surface area contributed by atoms with Crippen LogP contribution < -0.4 is 11.3 Å². The first-order valence-electron chi connectivity index (χ1n) is 6.69. The molecule has 3 N–H and O–H groups in total. The van der Waals surface area contributed by atoms with Crippen molar-refractivity contribution in [1.82, 2.24) is 20.2 Å². The predicted molar refractivity (Wildman–Crippen MR) is 82.0 cm³/mol. The van der Waals surface area contributed by atoms with Gasteiger partial charge in [0, 0.05) is 18.5 Å². The van der Waals surface area contributed by atoms with Gasteiger partial charge in [0.15, 0.2) is 0 Å². The Kier molecular flexibility index (Phi) is 5.30. The summed E-state index contributed by atoms with van der Waals surface area (Å²) in [6, 6.07) is 3.69. The molecule has 0 spiro atoms. The summed E-state index contributed by atoms with van der Waals surface area (Å²) < 4.78 is 6.90. The van der Waals surface area contributed by atoms with E-state index in [1.165, 1.54) is 0 Å². The summed E-state index contributed by atoms with van der Waals surface area (Å²) in [5.41, 5.74) is 6.47. The summed E-state index contributed by atoms with van der Waals surface area (Å²) in [5, 5.41) is 4.85. The minimum Gasteiger partial charge on any atom is -0.383 e. The second-order valence-corrected chi connectivity index (χ2v) is 5.23. The van der Waals surface area contributed by atoms with E-state index >= 15 is 0 Å². The SMILES string of the molecule is COCCn1ncc(Cl)c1C(NN)c1ccc(C)nc1C. The van der Waals surface area contributed by atoms with E-state index in [-0.39, 0.29) is 6.04 Å². The molecule has 2 aromatic rings. The molecule has 0 aliphatic heterocycles. The molecule has 1 unspecified atom stereocenters. The molecular formula is C14H20ClN5O. The van der Waals surface area contributed by atoms with Crippen LogP contribution >= 0.6 is 11.6 Å². The molecule has 0 amide bonds. The third kappa shape index (κ3) is 3.41. The Balaban J connectivity index is 2.43. The molecule has 0 radical (unpaired) electrons.